The molecular formula is C14H21ClN2O2S. The van der Waals surface area contributed by atoms with Gasteiger partial charge in [-0.25, -0.2) is 8.42 Å². The lowest BCUT2D eigenvalue weighted by molar-refractivity contribution is 0.347. The van der Waals surface area contributed by atoms with Crippen LogP contribution in [0.1, 0.15) is 17.5 Å². The lowest BCUT2D eigenvalue weighted by Crippen LogP contribution is -2.35. The van der Waals surface area contributed by atoms with Gasteiger partial charge in [0.2, 0.25) is 10.0 Å². The zero-order chi connectivity index (χ0) is 14.8. The van der Waals surface area contributed by atoms with Crippen molar-refractivity contribution in [3.63, 3.8) is 0 Å². The Morgan fingerprint density at radius 1 is 1.20 bits per heavy atom. The van der Waals surface area contributed by atoms with Gasteiger partial charge in [-0.2, -0.15) is 4.31 Å². The summed E-state index contributed by atoms with van der Waals surface area (Å²) in [5.74, 6) is 0.331. The van der Waals surface area contributed by atoms with Crippen LogP contribution in [0.25, 0.3) is 0 Å². The summed E-state index contributed by atoms with van der Waals surface area (Å²) in [5.41, 5.74) is 1.64. The van der Waals surface area contributed by atoms with Crippen LogP contribution in [0.3, 0.4) is 0 Å². The Hall–Kier alpha value is -0.620. The molecule has 0 spiro atoms. The van der Waals surface area contributed by atoms with Gasteiger partial charge in [0.25, 0.3) is 0 Å². The summed E-state index contributed by atoms with van der Waals surface area (Å²) in [7, 11) is -1.40. The minimum Gasteiger partial charge on any atom is -0.305 e. The van der Waals surface area contributed by atoms with Crippen molar-refractivity contribution in [2.45, 2.75) is 24.1 Å². The topological polar surface area (TPSA) is 40.6 Å². The monoisotopic (exact) mass is 316 g/mol. The number of halogens is 1. The lowest BCUT2D eigenvalue weighted by Gasteiger charge is -2.22. The van der Waals surface area contributed by atoms with E-state index in [-0.39, 0.29) is 0 Å². The van der Waals surface area contributed by atoms with Crippen molar-refractivity contribution in [1.82, 2.24) is 9.21 Å². The first-order chi connectivity index (χ1) is 9.46. The summed E-state index contributed by atoms with van der Waals surface area (Å²) >= 11 is 5.87. The van der Waals surface area contributed by atoms with Crippen molar-refractivity contribution in [2.24, 2.45) is 0 Å². The van der Waals surface area contributed by atoms with Crippen LogP contribution >= 0.6 is 11.6 Å². The van der Waals surface area contributed by atoms with Crippen molar-refractivity contribution in [2.75, 3.05) is 33.2 Å². The van der Waals surface area contributed by atoms with Crippen LogP contribution in [0.15, 0.2) is 23.1 Å². The van der Waals surface area contributed by atoms with Gasteiger partial charge in [-0.05, 0) is 44.1 Å². The Morgan fingerprint density at radius 3 is 2.65 bits per heavy atom. The SMILES string of the molecule is Cc1c(CCl)cccc1S(=O)(=O)N1CCCN(C)CC1. The second-order valence-electron chi connectivity index (χ2n) is 5.23. The Balaban J connectivity index is 2.35. The van der Waals surface area contributed by atoms with Gasteiger partial charge in [-0.1, -0.05) is 12.1 Å². The predicted molar refractivity (Wildman–Crippen MR) is 81.6 cm³/mol. The van der Waals surface area contributed by atoms with Gasteiger partial charge in [0, 0.05) is 25.5 Å². The maximum absolute atomic E-state index is 12.8. The first-order valence-corrected chi connectivity index (χ1v) is 8.77. The average molecular weight is 317 g/mol. The normalized spacial score (nSPS) is 18.9. The molecule has 2 rings (SSSR count). The first kappa shape index (κ1) is 15.8. The molecule has 0 unspecified atom stereocenters. The zero-order valence-electron chi connectivity index (χ0n) is 12.0. The number of nitrogens with zero attached hydrogens (tertiary/aromatic N) is 2. The van der Waals surface area contributed by atoms with Crippen LogP contribution in [0, 0.1) is 6.92 Å². The van der Waals surface area contributed by atoms with E-state index < -0.39 is 10.0 Å². The van der Waals surface area contributed by atoms with Crippen LogP contribution in [-0.2, 0) is 15.9 Å². The standard InChI is InChI=1S/C14H21ClN2O2S/c1-12-13(11-15)5-3-6-14(12)20(18,19)17-8-4-7-16(2)9-10-17/h3,5-6H,4,7-11H2,1-2H3. The van der Waals surface area contributed by atoms with Crippen molar-refractivity contribution < 1.29 is 8.42 Å². The largest absolute Gasteiger partial charge is 0.305 e. The fourth-order valence-corrected chi connectivity index (χ4v) is 4.51. The van der Waals surface area contributed by atoms with E-state index in [9.17, 15) is 8.42 Å². The van der Waals surface area contributed by atoms with E-state index in [0.29, 0.717) is 23.9 Å². The van der Waals surface area contributed by atoms with E-state index in [1.807, 2.05) is 20.0 Å². The molecule has 1 heterocycles. The second-order valence-corrected chi connectivity index (χ2v) is 7.41. The molecule has 0 aromatic heterocycles. The van der Waals surface area contributed by atoms with Gasteiger partial charge < -0.3 is 4.90 Å². The number of rotatable bonds is 3. The molecule has 1 aromatic rings. The molecule has 1 fully saturated rings. The molecule has 0 N–H and O–H groups in total. The fraction of sp³-hybridized carbons (Fsp3) is 0.571. The van der Waals surface area contributed by atoms with Crippen LogP contribution < -0.4 is 0 Å². The Labute approximate surface area is 126 Å². The van der Waals surface area contributed by atoms with E-state index in [1.165, 1.54) is 0 Å². The van der Waals surface area contributed by atoms with Crippen molar-refractivity contribution in [3.05, 3.63) is 29.3 Å². The van der Waals surface area contributed by atoms with E-state index >= 15 is 0 Å². The quantitative estimate of drug-likeness (QED) is 0.802. The third-order valence-corrected chi connectivity index (χ3v) is 6.17. The second kappa shape index (κ2) is 6.43. The van der Waals surface area contributed by atoms with Gasteiger partial charge in [0.15, 0.2) is 0 Å². The molecule has 1 aliphatic heterocycles. The minimum absolute atomic E-state index is 0.331. The van der Waals surface area contributed by atoms with Gasteiger partial charge in [-0.15, -0.1) is 11.6 Å². The first-order valence-electron chi connectivity index (χ1n) is 6.80. The number of sulfonamides is 1. The molecule has 0 saturated carbocycles. The molecule has 0 atom stereocenters. The van der Waals surface area contributed by atoms with Gasteiger partial charge in [-0.3, -0.25) is 0 Å². The van der Waals surface area contributed by atoms with Crippen LogP contribution in [0.4, 0.5) is 0 Å². The van der Waals surface area contributed by atoms with E-state index in [0.717, 1.165) is 30.6 Å². The Kier molecular flexibility index (Phi) is 5.07. The van der Waals surface area contributed by atoms with Crippen LogP contribution in [-0.4, -0.2) is 50.8 Å². The van der Waals surface area contributed by atoms with Crippen molar-refractivity contribution in [3.8, 4) is 0 Å². The van der Waals surface area contributed by atoms with E-state index in [2.05, 4.69) is 4.90 Å². The van der Waals surface area contributed by atoms with E-state index in [1.54, 1.807) is 16.4 Å². The third kappa shape index (κ3) is 3.17. The van der Waals surface area contributed by atoms with Gasteiger partial charge >= 0.3 is 0 Å². The van der Waals surface area contributed by atoms with Crippen molar-refractivity contribution >= 4 is 21.6 Å². The summed E-state index contributed by atoms with van der Waals surface area (Å²) in [6.45, 7) is 4.66. The molecule has 1 aliphatic rings. The van der Waals surface area contributed by atoms with Gasteiger partial charge in [0.05, 0.1) is 4.90 Å². The maximum Gasteiger partial charge on any atom is 0.243 e. The summed E-state index contributed by atoms with van der Waals surface area (Å²) < 4.78 is 27.2. The van der Waals surface area contributed by atoms with Crippen LogP contribution in [0.2, 0.25) is 0 Å². The molecule has 20 heavy (non-hydrogen) atoms. The fourth-order valence-electron chi connectivity index (χ4n) is 2.49. The highest BCUT2D eigenvalue weighted by atomic mass is 35.5. The summed E-state index contributed by atoms with van der Waals surface area (Å²) in [6, 6.07) is 5.31. The zero-order valence-corrected chi connectivity index (χ0v) is 13.5. The minimum atomic E-state index is -3.42. The highest BCUT2D eigenvalue weighted by Crippen LogP contribution is 2.24. The van der Waals surface area contributed by atoms with E-state index in [4.69, 9.17) is 11.6 Å². The number of hydrogen-bond acceptors (Lipinski definition) is 3. The molecular weight excluding hydrogens is 296 g/mol. The molecule has 6 heteroatoms. The van der Waals surface area contributed by atoms with Crippen LogP contribution in [0.5, 0.6) is 0 Å². The Morgan fingerprint density at radius 2 is 1.95 bits per heavy atom. The number of alkyl halides is 1. The third-order valence-electron chi connectivity index (χ3n) is 3.84. The molecule has 0 radical (unpaired) electrons. The molecule has 0 bridgehead atoms. The predicted octanol–water partition coefficient (Wildman–Crippen LogP) is 2.06. The summed E-state index contributed by atoms with van der Waals surface area (Å²) in [5, 5.41) is 0. The average Bonchev–Trinajstić information content (AvgIpc) is 2.64. The van der Waals surface area contributed by atoms with Gasteiger partial charge in [0.1, 0.15) is 0 Å². The number of likely N-dealkylation sites (N-methyl/N-ethyl adjacent to an activating group) is 1. The molecule has 1 saturated heterocycles. The summed E-state index contributed by atoms with van der Waals surface area (Å²) in [6.07, 6.45) is 0.865. The highest BCUT2D eigenvalue weighted by Gasteiger charge is 2.27. The molecule has 0 aliphatic carbocycles. The van der Waals surface area contributed by atoms with Crippen molar-refractivity contribution in [1.29, 1.82) is 0 Å². The Bertz CT molecular complexity index is 575. The molecule has 1 aromatic carbocycles. The molecule has 112 valence electrons. The lowest BCUT2D eigenvalue weighted by atomic mass is 10.1. The maximum atomic E-state index is 12.8. The summed E-state index contributed by atoms with van der Waals surface area (Å²) in [4.78, 5) is 2.55. The smallest absolute Gasteiger partial charge is 0.243 e. The number of benzene rings is 1. The highest BCUT2D eigenvalue weighted by molar-refractivity contribution is 7.89. The molecule has 4 nitrogen and oxygen atoms in total. The number of hydrogen-bond donors (Lipinski definition) is 0. The molecule has 0 amide bonds.